The van der Waals surface area contributed by atoms with Crippen molar-refractivity contribution < 1.29 is 37.1 Å². The van der Waals surface area contributed by atoms with Crippen LogP contribution in [0.3, 0.4) is 0 Å². The molecule has 2 aliphatic rings. The number of carbonyl (C=O) groups is 2. The quantitative estimate of drug-likeness (QED) is 0.222. The van der Waals surface area contributed by atoms with Gasteiger partial charge in [-0.15, -0.1) is 0 Å². The molecule has 13 nitrogen and oxygen atoms in total. The van der Waals surface area contributed by atoms with Crippen molar-refractivity contribution in [3.63, 3.8) is 0 Å². The predicted molar refractivity (Wildman–Crippen MR) is 160 cm³/mol. The highest BCUT2D eigenvalue weighted by molar-refractivity contribution is 7.89. The van der Waals surface area contributed by atoms with E-state index in [2.05, 4.69) is 5.32 Å². The summed E-state index contributed by atoms with van der Waals surface area (Å²) in [5, 5.41) is 14.6. The predicted octanol–water partition coefficient (Wildman–Crippen LogP) is 2.95. The monoisotopic (exact) mass is 628 g/mol. The van der Waals surface area contributed by atoms with Gasteiger partial charge in [-0.2, -0.15) is 4.31 Å². The van der Waals surface area contributed by atoms with Gasteiger partial charge in [0.25, 0.3) is 5.69 Å². The number of allylic oxidation sites excluding steroid dienone is 2. The van der Waals surface area contributed by atoms with Crippen LogP contribution in [0, 0.1) is 10.1 Å². The molecule has 0 bridgehead atoms. The van der Waals surface area contributed by atoms with Gasteiger partial charge in [0.2, 0.25) is 10.0 Å². The number of dihydropyridines is 1. The number of rotatable bonds is 11. The summed E-state index contributed by atoms with van der Waals surface area (Å²) in [5.41, 5.74) is 1.43. The number of carbonyl (C=O) groups excluding carboxylic acids is 2. The minimum Gasteiger partial charge on any atom is -0.497 e. The molecule has 2 heterocycles. The fraction of sp³-hybridized carbons (Fsp3) is 0.400. The molecular weight excluding hydrogens is 592 g/mol. The second-order valence-electron chi connectivity index (χ2n) is 10.3. The van der Waals surface area contributed by atoms with E-state index in [0.29, 0.717) is 42.3 Å². The molecule has 0 aliphatic carbocycles. The second-order valence-corrected chi connectivity index (χ2v) is 12.2. The van der Waals surface area contributed by atoms with Gasteiger partial charge < -0.3 is 19.5 Å². The summed E-state index contributed by atoms with van der Waals surface area (Å²) in [6.45, 7) is 6.94. The summed E-state index contributed by atoms with van der Waals surface area (Å²) >= 11 is 0. The molecule has 0 saturated carbocycles. The van der Waals surface area contributed by atoms with Gasteiger partial charge in [0.1, 0.15) is 12.4 Å². The van der Waals surface area contributed by atoms with Crippen LogP contribution in [0.25, 0.3) is 0 Å². The van der Waals surface area contributed by atoms with E-state index in [1.54, 1.807) is 39.0 Å². The summed E-state index contributed by atoms with van der Waals surface area (Å²) in [5.74, 6) is -1.71. The summed E-state index contributed by atoms with van der Waals surface area (Å²) in [7, 11) is -2.15. The summed E-state index contributed by atoms with van der Waals surface area (Å²) in [6, 6.07) is 12.0. The van der Waals surface area contributed by atoms with Crippen LogP contribution in [-0.2, 0) is 29.1 Å². The van der Waals surface area contributed by atoms with Crippen molar-refractivity contribution in [1.82, 2.24) is 14.5 Å². The lowest BCUT2D eigenvalue weighted by Crippen LogP contribution is -2.49. The van der Waals surface area contributed by atoms with Crippen molar-refractivity contribution in [2.75, 3.05) is 53.0 Å². The normalized spacial score (nSPS) is 18.0. The van der Waals surface area contributed by atoms with Crippen LogP contribution in [0.5, 0.6) is 5.75 Å². The first kappa shape index (κ1) is 32.6. The molecule has 4 rings (SSSR count). The molecule has 0 radical (unpaired) electrons. The van der Waals surface area contributed by atoms with E-state index in [0.717, 1.165) is 0 Å². The fourth-order valence-electron chi connectivity index (χ4n) is 5.33. The molecule has 0 spiro atoms. The van der Waals surface area contributed by atoms with Crippen molar-refractivity contribution in [1.29, 1.82) is 0 Å². The van der Waals surface area contributed by atoms with E-state index in [4.69, 9.17) is 14.2 Å². The Morgan fingerprint density at radius 3 is 2.16 bits per heavy atom. The van der Waals surface area contributed by atoms with Crippen molar-refractivity contribution in [2.45, 2.75) is 31.6 Å². The molecule has 2 aliphatic heterocycles. The molecule has 0 amide bonds. The zero-order valence-corrected chi connectivity index (χ0v) is 25.9. The van der Waals surface area contributed by atoms with E-state index in [-0.39, 0.29) is 48.0 Å². The molecule has 44 heavy (non-hydrogen) atoms. The average Bonchev–Trinajstić information content (AvgIpc) is 3.01. The summed E-state index contributed by atoms with van der Waals surface area (Å²) in [4.78, 5) is 39.7. The molecule has 2 aromatic carbocycles. The summed E-state index contributed by atoms with van der Waals surface area (Å²) in [6.07, 6.45) is 0. The van der Waals surface area contributed by atoms with Crippen molar-refractivity contribution in [3.8, 4) is 5.75 Å². The smallest absolute Gasteiger partial charge is 0.336 e. The van der Waals surface area contributed by atoms with Crippen LogP contribution in [-0.4, -0.2) is 87.5 Å². The number of ether oxygens (including phenoxy) is 3. The molecule has 0 unspecified atom stereocenters. The van der Waals surface area contributed by atoms with Gasteiger partial charge in [-0.3, -0.25) is 15.0 Å². The molecule has 1 atom stereocenters. The number of benzene rings is 2. The topological polar surface area (TPSA) is 158 Å². The molecule has 1 N–H and O–H groups in total. The van der Waals surface area contributed by atoms with Crippen LogP contribution >= 0.6 is 0 Å². The van der Waals surface area contributed by atoms with E-state index in [1.165, 1.54) is 41.7 Å². The zero-order valence-electron chi connectivity index (χ0n) is 25.1. The van der Waals surface area contributed by atoms with Crippen LogP contribution in [0.1, 0.15) is 32.3 Å². The van der Waals surface area contributed by atoms with Gasteiger partial charge in [-0.1, -0.05) is 12.1 Å². The number of nitrogens with one attached hydrogen (secondary N) is 1. The number of esters is 2. The third-order valence-electron chi connectivity index (χ3n) is 7.56. The molecule has 1 saturated heterocycles. The number of piperazine rings is 1. The number of sulfonamides is 1. The van der Waals surface area contributed by atoms with Gasteiger partial charge in [0.05, 0.1) is 40.6 Å². The SMILES string of the molecule is CCOC(=O)C1=C(C)NC(C)=C(C(=O)OCCN2CCN(S(=O)(=O)c3ccc(OC)cc3)CC2)[C@H]1c1cccc([N+](=O)[O-])c1. The Balaban J connectivity index is 1.44. The lowest BCUT2D eigenvalue weighted by molar-refractivity contribution is -0.384. The first-order valence-electron chi connectivity index (χ1n) is 14.1. The molecular formula is C30H36N4O9S. The number of methoxy groups -OCH3 is 1. The van der Waals surface area contributed by atoms with Crippen molar-refractivity contribution >= 4 is 27.6 Å². The van der Waals surface area contributed by atoms with E-state index in [9.17, 15) is 28.1 Å². The Hall–Kier alpha value is -4.27. The minimum atomic E-state index is -3.66. The highest BCUT2D eigenvalue weighted by Crippen LogP contribution is 2.40. The third-order valence-corrected chi connectivity index (χ3v) is 9.47. The van der Waals surface area contributed by atoms with Gasteiger partial charge >= 0.3 is 11.9 Å². The molecule has 0 aromatic heterocycles. The Kier molecular flexibility index (Phi) is 10.4. The maximum absolute atomic E-state index is 13.5. The van der Waals surface area contributed by atoms with Crippen LogP contribution < -0.4 is 10.1 Å². The number of hydrogen-bond acceptors (Lipinski definition) is 11. The largest absolute Gasteiger partial charge is 0.497 e. The highest BCUT2D eigenvalue weighted by Gasteiger charge is 2.38. The third kappa shape index (κ3) is 7.09. The van der Waals surface area contributed by atoms with Crippen LogP contribution in [0.4, 0.5) is 5.69 Å². The highest BCUT2D eigenvalue weighted by atomic mass is 32.2. The minimum absolute atomic E-state index is 0.0138. The van der Waals surface area contributed by atoms with Crippen LogP contribution in [0.2, 0.25) is 0 Å². The molecule has 14 heteroatoms. The second kappa shape index (κ2) is 14.0. The first-order chi connectivity index (χ1) is 21.0. The maximum Gasteiger partial charge on any atom is 0.336 e. The number of nitro groups is 1. The van der Waals surface area contributed by atoms with Crippen molar-refractivity contribution in [2.24, 2.45) is 0 Å². The van der Waals surface area contributed by atoms with Crippen LogP contribution in [0.15, 0.2) is 76.0 Å². The first-order valence-corrected chi connectivity index (χ1v) is 15.6. The number of nitro benzene ring substituents is 1. The standard InChI is InChI=1S/C30H36N4O9S/c1-5-42-29(35)26-20(2)31-21(3)27(28(26)22-7-6-8-23(19-22)34(37)38)30(36)43-18-17-32-13-15-33(16-14-32)44(39,40)25-11-9-24(41-4)10-12-25/h6-12,19,28,31H,5,13-18H2,1-4H3/t28-/m0/s1. The molecule has 236 valence electrons. The fourth-order valence-corrected chi connectivity index (χ4v) is 6.75. The van der Waals surface area contributed by atoms with Gasteiger partial charge in [0.15, 0.2) is 0 Å². The van der Waals surface area contributed by atoms with E-state index in [1.807, 2.05) is 4.90 Å². The summed E-state index contributed by atoms with van der Waals surface area (Å²) < 4.78 is 43.6. The number of non-ortho nitro benzene ring substituents is 1. The van der Waals surface area contributed by atoms with E-state index >= 15 is 0 Å². The van der Waals surface area contributed by atoms with Gasteiger partial charge in [-0.05, 0) is 50.6 Å². The lowest BCUT2D eigenvalue weighted by Gasteiger charge is -2.34. The zero-order chi connectivity index (χ0) is 32.0. The Bertz CT molecular complexity index is 1580. The van der Waals surface area contributed by atoms with Crippen molar-refractivity contribution in [3.05, 3.63) is 86.7 Å². The molecule has 1 fully saturated rings. The maximum atomic E-state index is 13.5. The lowest BCUT2D eigenvalue weighted by atomic mass is 9.80. The Morgan fingerprint density at radius 1 is 0.977 bits per heavy atom. The number of nitrogens with zero attached hydrogens (tertiary/aromatic N) is 3. The molecule has 2 aromatic rings. The average molecular weight is 629 g/mol. The van der Waals surface area contributed by atoms with E-state index < -0.39 is 32.8 Å². The Morgan fingerprint density at radius 2 is 1.59 bits per heavy atom. The Labute approximate surface area is 256 Å². The number of hydrogen-bond donors (Lipinski definition) is 1. The van der Waals surface area contributed by atoms with Gasteiger partial charge in [0, 0.05) is 56.3 Å². The van der Waals surface area contributed by atoms with Gasteiger partial charge in [-0.25, -0.2) is 18.0 Å².